The third-order valence-electron chi connectivity index (χ3n) is 3.67. The molecule has 0 saturated carbocycles. The van der Waals surface area contributed by atoms with Gasteiger partial charge in [0.1, 0.15) is 5.82 Å². The van der Waals surface area contributed by atoms with Crippen molar-refractivity contribution in [1.29, 1.82) is 5.41 Å². The highest BCUT2D eigenvalue weighted by molar-refractivity contribution is 6.05. The van der Waals surface area contributed by atoms with Gasteiger partial charge in [0, 0.05) is 5.56 Å². The van der Waals surface area contributed by atoms with Crippen molar-refractivity contribution in [3.8, 4) is 11.3 Å². The smallest absolute Gasteiger partial charge is 0.213 e. The van der Waals surface area contributed by atoms with Gasteiger partial charge in [-0.2, -0.15) is 0 Å². The molecule has 3 aromatic rings. The summed E-state index contributed by atoms with van der Waals surface area (Å²) in [5, 5.41) is 12.9. The maximum atomic E-state index is 14.3. The summed E-state index contributed by atoms with van der Waals surface area (Å²) in [4.78, 5) is 15.0. The average molecular weight is 322 g/mol. The standard InChI is InChI=1S/C18H15FN4O/c1-11-5-2-3-6-12(11)15-9-16(23-18(20)21-10-24)17-13(19)7-4-8-14(17)22-15/h2-10H,1H3,(H3,20,21,22,23,24). The molecule has 0 bridgehead atoms. The van der Waals surface area contributed by atoms with Crippen molar-refractivity contribution in [2.24, 2.45) is 0 Å². The molecule has 2 aromatic carbocycles. The first-order valence-corrected chi connectivity index (χ1v) is 7.31. The predicted octanol–water partition coefficient (Wildman–Crippen LogP) is 3.44. The third kappa shape index (κ3) is 2.94. The number of fused-ring (bicyclic) bond motifs is 1. The van der Waals surface area contributed by atoms with Gasteiger partial charge in [-0.25, -0.2) is 9.37 Å². The summed E-state index contributed by atoms with van der Waals surface area (Å²) in [6, 6.07) is 14.0. The molecule has 6 heteroatoms. The van der Waals surface area contributed by atoms with Crippen LogP contribution in [0.4, 0.5) is 10.1 Å². The van der Waals surface area contributed by atoms with Crippen LogP contribution in [0.3, 0.4) is 0 Å². The Labute approximate surface area is 138 Å². The number of nitrogens with zero attached hydrogens (tertiary/aromatic N) is 1. The minimum Gasteiger partial charge on any atom is -0.325 e. The van der Waals surface area contributed by atoms with Crippen LogP contribution in [0.1, 0.15) is 5.56 Å². The van der Waals surface area contributed by atoms with E-state index < -0.39 is 5.82 Å². The monoisotopic (exact) mass is 322 g/mol. The number of hydrogen-bond donors (Lipinski definition) is 3. The molecule has 0 saturated heterocycles. The van der Waals surface area contributed by atoms with Crippen LogP contribution in [-0.2, 0) is 4.79 Å². The topological polar surface area (TPSA) is 77.9 Å². The van der Waals surface area contributed by atoms with E-state index in [1.807, 2.05) is 31.2 Å². The molecule has 1 heterocycles. The van der Waals surface area contributed by atoms with Gasteiger partial charge in [-0.05, 0) is 30.7 Å². The average Bonchev–Trinajstić information content (AvgIpc) is 2.55. The number of aromatic nitrogens is 1. The second-order valence-corrected chi connectivity index (χ2v) is 5.27. The Bertz CT molecular complexity index is 939. The van der Waals surface area contributed by atoms with Crippen LogP contribution in [0.2, 0.25) is 0 Å². The molecule has 0 spiro atoms. The maximum absolute atomic E-state index is 14.3. The van der Waals surface area contributed by atoms with Crippen molar-refractivity contribution in [2.45, 2.75) is 6.92 Å². The highest BCUT2D eigenvalue weighted by Crippen LogP contribution is 2.31. The number of carbonyl (C=O) groups is 1. The van der Waals surface area contributed by atoms with Crippen LogP contribution < -0.4 is 10.6 Å². The second kappa shape index (κ2) is 6.45. The van der Waals surface area contributed by atoms with Crippen molar-refractivity contribution in [2.75, 3.05) is 5.32 Å². The third-order valence-corrected chi connectivity index (χ3v) is 3.67. The zero-order valence-electron chi connectivity index (χ0n) is 12.9. The fourth-order valence-corrected chi connectivity index (χ4v) is 2.57. The molecule has 5 nitrogen and oxygen atoms in total. The normalized spacial score (nSPS) is 10.4. The van der Waals surface area contributed by atoms with Crippen LogP contribution in [0.5, 0.6) is 0 Å². The highest BCUT2D eigenvalue weighted by Gasteiger charge is 2.13. The second-order valence-electron chi connectivity index (χ2n) is 5.27. The Morgan fingerprint density at radius 2 is 2.00 bits per heavy atom. The summed E-state index contributed by atoms with van der Waals surface area (Å²) in [6.07, 6.45) is 0.386. The molecule has 0 atom stereocenters. The summed E-state index contributed by atoms with van der Waals surface area (Å²) in [7, 11) is 0. The number of anilines is 1. The minimum atomic E-state index is -0.447. The van der Waals surface area contributed by atoms with Gasteiger partial charge >= 0.3 is 0 Å². The first-order chi connectivity index (χ1) is 11.6. The van der Waals surface area contributed by atoms with Crippen molar-refractivity contribution >= 4 is 29.0 Å². The summed E-state index contributed by atoms with van der Waals surface area (Å²) in [5.74, 6) is -0.686. The van der Waals surface area contributed by atoms with E-state index in [0.717, 1.165) is 11.1 Å². The molecule has 120 valence electrons. The fraction of sp³-hybridized carbons (Fsp3) is 0.0556. The number of nitrogens with one attached hydrogen (secondary N) is 3. The lowest BCUT2D eigenvalue weighted by Gasteiger charge is -2.13. The molecule has 1 aromatic heterocycles. The molecule has 3 N–H and O–H groups in total. The molecular formula is C18H15FN4O. The van der Waals surface area contributed by atoms with E-state index in [0.29, 0.717) is 23.3 Å². The molecule has 24 heavy (non-hydrogen) atoms. The Balaban J connectivity index is 2.21. The van der Waals surface area contributed by atoms with Crippen molar-refractivity contribution in [1.82, 2.24) is 10.3 Å². The molecule has 0 aliphatic carbocycles. The number of hydrogen-bond acceptors (Lipinski definition) is 3. The van der Waals surface area contributed by atoms with Crippen molar-refractivity contribution < 1.29 is 9.18 Å². The SMILES string of the molecule is Cc1ccccc1-c1cc(NC(=N)NC=O)c2c(F)cccc2n1. The quantitative estimate of drug-likeness (QED) is 0.393. The summed E-state index contributed by atoms with van der Waals surface area (Å²) in [6.45, 7) is 1.97. The number of benzene rings is 2. The van der Waals surface area contributed by atoms with Gasteiger partial charge in [0.25, 0.3) is 0 Å². The summed E-state index contributed by atoms with van der Waals surface area (Å²) < 4.78 is 14.3. The zero-order chi connectivity index (χ0) is 17.1. The summed E-state index contributed by atoms with van der Waals surface area (Å²) in [5.41, 5.74) is 3.45. The van der Waals surface area contributed by atoms with E-state index in [1.54, 1.807) is 18.2 Å². The lowest BCUT2D eigenvalue weighted by atomic mass is 10.0. The minimum absolute atomic E-state index is 0.239. The molecular weight excluding hydrogens is 307 g/mol. The molecule has 0 aliphatic rings. The molecule has 1 amide bonds. The van der Waals surface area contributed by atoms with Crippen LogP contribution in [-0.4, -0.2) is 17.4 Å². The van der Waals surface area contributed by atoms with Gasteiger partial charge in [-0.15, -0.1) is 0 Å². The van der Waals surface area contributed by atoms with Gasteiger partial charge in [-0.3, -0.25) is 15.5 Å². The fourth-order valence-electron chi connectivity index (χ4n) is 2.57. The molecule has 3 rings (SSSR count). The number of guanidine groups is 1. The van der Waals surface area contributed by atoms with E-state index in [-0.39, 0.29) is 11.3 Å². The van der Waals surface area contributed by atoms with Crippen molar-refractivity contribution in [3.05, 3.63) is 59.9 Å². The lowest BCUT2D eigenvalue weighted by Crippen LogP contribution is -2.28. The van der Waals surface area contributed by atoms with Gasteiger partial charge in [0.15, 0.2) is 5.96 Å². The van der Waals surface area contributed by atoms with Gasteiger partial charge < -0.3 is 5.32 Å². The Morgan fingerprint density at radius 3 is 2.75 bits per heavy atom. The zero-order valence-corrected chi connectivity index (χ0v) is 12.9. The van der Waals surface area contributed by atoms with Gasteiger partial charge in [0.05, 0.1) is 22.3 Å². The number of aryl methyl sites for hydroxylation is 1. The van der Waals surface area contributed by atoms with E-state index in [9.17, 15) is 9.18 Å². The predicted molar refractivity (Wildman–Crippen MR) is 92.4 cm³/mol. The number of rotatable bonds is 3. The van der Waals surface area contributed by atoms with Crippen LogP contribution in [0.15, 0.2) is 48.5 Å². The van der Waals surface area contributed by atoms with Crippen LogP contribution >= 0.6 is 0 Å². The number of carbonyl (C=O) groups excluding carboxylic acids is 1. The van der Waals surface area contributed by atoms with Crippen molar-refractivity contribution in [3.63, 3.8) is 0 Å². The molecule has 0 aliphatic heterocycles. The van der Waals surface area contributed by atoms with E-state index in [1.165, 1.54) is 6.07 Å². The Kier molecular flexibility index (Phi) is 4.20. The Hall–Kier alpha value is -3.28. The highest BCUT2D eigenvalue weighted by atomic mass is 19.1. The van der Waals surface area contributed by atoms with E-state index in [2.05, 4.69) is 15.6 Å². The molecule has 0 radical (unpaired) electrons. The van der Waals surface area contributed by atoms with E-state index in [4.69, 9.17) is 5.41 Å². The lowest BCUT2D eigenvalue weighted by molar-refractivity contribution is -0.108. The summed E-state index contributed by atoms with van der Waals surface area (Å²) >= 11 is 0. The van der Waals surface area contributed by atoms with E-state index >= 15 is 0 Å². The molecule has 0 fully saturated rings. The largest absolute Gasteiger partial charge is 0.325 e. The first-order valence-electron chi connectivity index (χ1n) is 7.31. The van der Waals surface area contributed by atoms with Crippen LogP contribution in [0, 0.1) is 18.2 Å². The van der Waals surface area contributed by atoms with Crippen LogP contribution in [0.25, 0.3) is 22.2 Å². The number of amides is 1. The Morgan fingerprint density at radius 1 is 1.21 bits per heavy atom. The first kappa shape index (κ1) is 15.6. The van der Waals surface area contributed by atoms with Gasteiger partial charge in [-0.1, -0.05) is 30.3 Å². The molecule has 0 unspecified atom stereocenters. The maximum Gasteiger partial charge on any atom is 0.213 e. The van der Waals surface area contributed by atoms with Gasteiger partial charge in [0.2, 0.25) is 6.41 Å². The number of pyridine rings is 1. The number of halogens is 1.